The molecule has 1 heterocycles. The summed E-state index contributed by atoms with van der Waals surface area (Å²) in [6, 6.07) is 6.90. The lowest BCUT2D eigenvalue weighted by atomic mass is 9.97. The minimum atomic E-state index is 0.0744. The zero-order valence-electron chi connectivity index (χ0n) is 9.61. The van der Waals surface area contributed by atoms with Crippen molar-refractivity contribution in [1.29, 1.82) is 0 Å². The van der Waals surface area contributed by atoms with Crippen LogP contribution < -0.4 is 10.6 Å². The molecule has 1 aromatic rings. The SMILES string of the molecule is O=Cc1ccc(NC(=O)C2CCNCC2)cc1. The average molecular weight is 232 g/mol. The van der Waals surface area contributed by atoms with Crippen molar-refractivity contribution in [2.24, 2.45) is 5.92 Å². The van der Waals surface area contributed by atoms with Crippen molar-refractivity contribution in [2.45, 2.75) is 12.8 Å². The van der Waals surface area contributed by atoms with Gasteiger partial charge in [-0.3, -0.25) is 9.59 Å². The molecule has 0 radical (unpaired) electrons. The predicted octanol–water partition coefficient (Wildman–Crippen LogP) is 1.44. The van der Waals surface area contributed by atoms with E-state index in [2.05, 4.69) is 10.6 Å². The van der Waals surface area contributed by atoms with Crippen LogP contribution in [0.3, 0.4) is 0 Å². The van der Waals surface area contributed by atoms with Gasteiger partial charge in [0.25, 0.3) is 0 Å². The van der Waals surface area contributed by atoms with Crippen LogP contribution in [0.4, 0.5) is 5.69 Å². The number of anilines is 1. The smallest absolute Gasteiger partial charge is 0.227 e. The van der Waals surface area contributed by atoms with Gasteiger partial charge in [0.1, 0.15) is 6.29 Å². The Hall–Kier alpha value is -1.68. The maximum absolute atomic E-state index is 11.9. The minimum Gasteiger partial charge on any atom is -0.326 e. The molecule has 2 rings (SSSR count). The highest BCUT2D eigenvalue weighted by Crippen LogP contribution is 2.15. The molecule has 2 N–H and O–H groups in total. The van der Waals surface area contributed by atoms with Crippen LogP contribution in [-0.2, 0) is 4.79 Å². The normalized spacial score (nSPS) is 16.5. The highest BCUT2D eigenvalue weighted by atomic mass is 16.1. The van der Waals surface area contributed by atoms with Gasteiger partial charge < -0.3 is 10.6 Å². The van der Waals surface area contributed by atoms with Gasteiger partial charge in [-0.1, -0.05) is 0 Å². The average Bonchev–Trinajstić information content (AvgIpc) is 2.40. The van der Waals surface area contributed by atoms with E-state index in [-0.39, 0.29) is 11.8 Å². The van der Waals surface area contributed by atoms with Crippen molar-refractivity contribution in [2.75, 3.05) is 18.4 Å². The highest BCUT2D eigenvalue weighted by Gasteiger charge is 2.20. The molecule has 1 fully saturated rings. The van der Waals surface area contributed by atoms with Crippen molar-refractivity contribution in [3.05, 3.63) is 29.8 Å². The van der Waals surface area contributed by atoms with Gasteiger partial charge in [0, 0.05) is 17.2 Å². The first kappa shape index (κ1) is 11.8. The molecule has 90 valence electrons. The highest BCUT2D eigenvalue weighted by molar-refractivity contribution is 5.93. The Kier molecular flexibility index (Phi) is 3.88. The first-order chi connectivity index (χ1) is 8.29. The number of piperidine rings is 1. The predicted molar refractivity (Wildman–Crippen MR) is 66.1 cm³/mol. The second-order valence-corrected chi connectivity index (χ2v) is 4.25. The number of carbonyl (C=O) groups excluding carboxylic acids is 2. The molecule has 1 saturated heterocycles. The summed E-state index contributed by atoms with van der Waals surface area (Å²) in [5.41, 5.74) is 1.36. The molecule has 4 nitrogen and oxygen atoms in total. The molecule has 1 aliphatic heterocycles. The molecule has 0 aliphatic carbocycles. The van der Waals surface area contributed by atoms with Gasteiger partial charge in [-0.25, -0.2) is 0 Å². The number of carbonyl (C=O) groups is 2. The fraction of sp³-hybridized carbons (Fsp3) is 0.385. The molecule has 1 amide bonds. The van der Waals surface area contributed by atoms with Crippen LogP contribution in [0, 0.1) is 5.92 Å². The number of aldehydes is 1. The molecular weight excluding hydrogens is 216 g/mol. The Morgan fingerprint density at radius 1 is 1.24 bits per heavy atom. The second-order valence-electron chi connectivity index (χ2n) is 4.25. The number of hydrogen-bond donors (Lipinski definition) is 2. The van der Waals surface area contributed by atoms with Gasteiger partial charge in [-0.05, 0) is 50.2 Å². The van der Waals surface area contributed by atoms with Gasteiger partial charge in [-0.15, -0.1) is 0 Å². The van der Waals surface area contributed by atoms with Crippen LogP contribution in [0.5, 0.6) is 0 Å². The first-order valence-electron chi connectivity index (χ1n) is 5.86. The van der Waals surface area contributed by atoms with E-state index in [9.17, 15) is 9.59 Å². The first-order valence-corrected chi connectivity index (χ1v) is 5.86. The molecule has 0 unspecified atom stereocenters. The summed E-state index contributed by atoms with van der Waals surface area (Å²) in [6.07, 6.45) is 2.56. The quantitative estimate of drug-likeness (QED) is 0.775. The lowest BCUT2D eigenvalue weighted by Crippen LogP contribution is -2.34. The Labute approximate surface area is 100 Å². The second kappa shape index (κ2) is 5.59. The van der Waals surface area contributed by atoms with Crippen LogP contribution in [0.15, 0.2) is 24.3 Å². The van der Waals surface area contributed by atoms with Crippen molar-refractivity contribution in [3.63, 3.8) is 0 Å². The van der Waals surface area contributed by atoms with Crippen molar-refractivity contribution < 1.29 is 9.59 Å². The van der Waals surface area contributed by atoms with Crippen molar-refractivity contribution in [1.82, 2.24) is 5.32 Å². The molecule has 0 atom stereocenters. The van der Waals surface area contributed by atoms with Crippen molar-refractivity contribution >= 4 is 17.9 Å². The van der Waals surface area contributed by atoms with E-state index in [1.165, 1.54) is 0 Å². The lowest BCUT2D eigenvalue weighted by molar-refractivity contribution is -0.120. The zero-order valence-corrected chi connectivity index (χ0v) is 9.61. The Bertz CT molecular complexity index is 394. The van der Waals surface area contributed by atoms with Gasteiger partial charge in [0.2, 0.25) is 5.91 Å². The fourth-order valence-electron chi connectivity index (χ4n) is 1.97. The van der Waals surface area contributed by atoms with E-state index in [1.54, 1.807) is 24.3 Å². The molecule has 1 aliphatic rings. The summed E-state index contributed by atoms with van der Waals surface area (Å²) < 4.78 is 0. The van der Waals surface area contributed by atoms with E-state index < -0.39 is 0 Å². The standard InChI is InChI=1S/C13H16N2O2/c16-9-10-1-3-12(4-2-10)15-13(17)11-5-7-14-8-6-11/h1-4,9,11,14H,5-8H2,(H,15,17). The third-order valence-corrected chi connectivity index (χ3v) is 3.02. The fourth-order valence-corrected chi connectivity index (χ4v) is 1.97. The van der Waals surface area contributed by atoms with E-state index in [4.69, 9.17) is 0 Å². The third kappa shape index (κ3) is 3.14. The zero-order chi connectivity index (χ0) is 12.1. The summed E-state index contributed by atoms with van der Waals surface area (Å²) in [4.78, 5) is 22.4. The summed E-state index contributed by atoms with van der Waals surface area (Å²) in [6.45, 7) is 1.81. The molecule has 0 bridgehead atoms. The van der Waals surface area contributed by atoms with Crippen LogP contribution in [0.2, 0.25) is 0 Å². The Balaban J connectivity index is 1.94. The molecule has 0 saturated carbocycles. The molecule has 0 aromatic heterocycles. The summed E-state index contributed by atoms with van der Waals surface area (Å²) in [5, 5.41) is 6.11. The monoisotopic (exact) mass is 232 g/mol. The number of hydrogen-bond acceptors (Lipinski definition) is 3. The van der Waals surface area contributed by atoms with Crippen LogP contribution >= 0.6 is 0 Å². The molecular formula is C13H16N2O2. The maximum Gasteiger partial charge on any atom is 0.227 e. The lowest BCUT2D eigenvalue weighted by Gasteiger charge is -2.21. The summed E-state index contributed by atoms with van der Waals surface area (Å²) in [7, 11) is 0. The Morgan fingerprint density at radius 2 is 1.88 bits per heavy atom. The summed E-state index contributed by atoms with van der Waals surface area (Å²) in [5.74, 6) is 0.173. The van der Waals surface area contributed by atoms with E-state index in [0.717, 1.165) is 37.9 Å². The maximum atomic E-state index is 11.9. The topological polar surface area (TPSA) is 58.2 Å². The molecule has 0 spiro atoms. The van der Waals surface area contributed by atoms with Gasteiger partial charge in [0.05, 0.1) is 0 Å². The molecule has 17 heavy (non-hydrogen) atoms. The largest absolute Gasteiger partial charge is 0.326 e. The molecule has 1 aromatic carbocycles. The Morgan fingerprint density at radius 3 is 2.47 bits per heavy atom. The minimum absolute atomic E-state index is 0.0744. The number of nitrogens with one attached hydrogen (secondary N) is 2. The van der Waals surface area contributed by atoms with Crippen LogP contribution in [0.1, 0.15) is 23.2 Å². The molecule has 4 heteroatoms. The van der Waals surface area contributed by atoms with E-state index >= 15 is 0 Å². The van der Waals surface area contributed by atoms with Crippen LogP contribution in [0.25, 0.3) is 0 Å². The van der Waals surface area contributed by atoms with Crippen LogP contribution in [-0.4, -0.2) is 25.3 Å². The van der Waals surface area contributed by atoms with Gasteiger partial charge in [0.15, 0.2) is 0 Å². The third-order valence-electron chi connectivity index (χ3n) is 3.02. The summed E-state index contributed by atoms with van der Waals surface area (Å²) >= 11 is 0. The van der Waals surface area contributed by atoms with E-state index in [1.807, 2.05) is 0 Å². The van der Waals surface area contributed by atoms with Gasteiger partial charge >= 0.3 is 0 Å². The number of benzene rings is 1. The van der Waals surface area contributed by atoms with Crippen molar-refractivity contribution in [3.8, 4) is 0 Å². The van der Waals surface area contributed by atoms with Gasteiger partial charge in [-0.2, -0.15) is 0 Å². The number of rotatable bonds is 3. The van der Waals surface area contributed by atoms with E-state index in [0.29, 0.717) is 5.56 Å². The number of amides is 1.